The van der Waals surface area contributed by atoms with Crippen LogP contribution in [0, 0.1) is 23.7 Å². The lowest BCUT2D eigenvalue weighted by Gasteiger charge is -2.47. The maximum atomic E-state index is 10.9. The van der Waals surface area contributed by atoms with E-state index in [0.29, 0.717) is 23.7 Å². The van der Waals surface area contributed by atoms with Gasteiger partial charge in [0.25, 0.3) is 8.32 Å². The molecule has 0 heterocycles. The number of hydrogen-bond donors (Lipinski definition) is 1. The maximum Gasteiger partial charge on any atom is 0.261 e. The first-order valence-electron chi connectivity index (χ1n) is 14.4. The fourth-order valence-corrected chi connectivity index (χ4v) is 11.8. The van der Waals surface area contributed by atoms with Gasteiger partial charge >= 0.3 is 0 Å². The van der Waals surface area contributed by atoms with Crippen LogP contribution >= 0.6 is 0 Å². The van der Waals surface area contributed by atoms with Crippen LogP contribution in [0.4, 0.5) is 0 Å². The third-order valence-electron chi connectivity index (χ3n) is 9.02. The molecule has 2 aromatic carbocycles. The van der Waals surface area contributed by atoms with Crippen molar-refractivity contribution >= 4 is 18.7 Å². The fourth-order valence-electron chi connectivity index (χ4n) is 7.08. The maximum absolute atomic E-state index is 10.9. The van der Waals surface area contributed by atoms with Gasteiger partial charge in [-0.2, -0.15) is 0 Å². The first-order chi connectivity index (χ1) is 17.6. The number of fused-ring (bicyclic) bond motifs is 1. The number of benzene rings is 2. The summed E-state index contributed by atoms with van der Waals surface area (Å²) in [6.45, 7) is 14.1. The minimum absolute atomic E-state index is 0.0394. The second kappa shape index (κ2) is 11.8. The van der Waals surface area contributed by atoms with E-state index in [9.17, 15) is 5.11 Å². The summed E-state index contributed by atoms with van der Waals surface area (Å²) in [6.07, 6.45) is 11.5. The molecule has 1 N–H and O–H groups in total. The molecule has 0 radical (unpaired) electrons. The van der Waals surface area contributed by atoms with Crippen molar-refractivity contribution in [3.63, 3.8) is 0 Å². The molecule has 2 aliphatic carbocycles. The van der Waals surface area contributed by atoms with E-state index in [0.717, 1.165) is 32.1 Å². The Hall–Kier alpha value is -1.94. The summed E-state index contributed by atoms with van der Waals surface area (Å²) in [7, 11) is -2.64. The summed E-state index contributed by atoms with van der Waals surface area (Å²) < 4.78 is 7.67. The van der Waals surface area contributed by atoms with Crippen LogP contribution < -0.4 is 10.4 Å². The van der Waals surface area contributed by atoms with Crippen LogP contribution in [0.3, 0.4) is 0 Å². The van der Waals surface area contributed by atoms with Gasteiger partial charge in [0.05, 0.1) is 6.10 Å². The van der Waals surface area contributed by atoms with Crippen molar-refractivity contribution in [2.24, 2.45) is 23.7 Å². The Balaban J connectivity index is 1.80. The largest absolute Gasteiger partial charge is 0.404 e. The Bertz CT molecular complexity index is 1010. The average molecular weight is 517 g/mol. The van der Waals surface area contributed by atoms with E-state index in [1.54, 1.807) is 0 Å². The topological polar surface area (TPSA) is 29.5 Å². The van der Waals surface area contributed by atoms with Crippen molar-refractivity contribution in [2.45, 2.75) is 90.9 Å². The van der Waals surface area contributed by atoms with E-state index >= 15 is 0 Å². The molecular formula is C34H48O2Si. The molecule has 0 bridgehead atoms. The third-order valence-corrected chi connectivity index (χ3v) is 14.1. The second-order valence-electron chi connectivity index (χ2n) is 12.8. The highest BCUT2D eigenvalue weighted by molar-refractivity contribution is 6.99. The van der Waals surface area contributed by atoms with E-state index in [4.69, 9.17) is 4.43 Å². The van der Waals surface area contributed by atoms with Crippen LogP contribution in [0.1, 0.15) is 73.6 Å². The molecule has 0 amide bonds. The standard InChI is InChI=1S/C34H48O2Si/c1-25(2)31-22-21-26(3)32-24-28(16-14-13-15-27(35)23-33(31)32)36-37(34(4,5)6,29-17-9-7-10-18-29)30-19-11-8-12-20-30/h7-14,17-21,25,27-28,31-33,35H,15-16,22-24H2,1-6H3/b14-13-. The van der Waals surface area contributed by atoms with Gasteiger partial charge in [-0.1, -0.05) is 119 Å². The van der Waals surface area contributed by atoms with Crippen LogP contribution in [-0.2, 0) is 4.43 Å². The van der Waals surface area contributed by atoms with Gasteiger partial charge in [-0.15, -0.1) is 0 Å². The minimum Gasteiger partial charge on any atom is -0.404 e. The predicted octanol–water partition coefficient (Wildman–Crippen LogP) is 7.28. The Morgan fingerprint density at radius 1 is 0.838 bits per heavy atom. The monoisotopic (exact) mass is 516 g/mol. The summed E-state index contributed by atoms with van der Waals surface area (Å²) in [4.78, 5) is 0. The number of allylic oxidation sites excluding steroid dienone is 2. The van der Waals surface area contributed by atoms with E-state index in [1.807, 2.05) is 0 Å². The number of aliphatic hydroxyl groups excluding tert-OH is 1. The smallest absolute Gasteiger partial charge is 0.261 e. The second-order valence-corrected chi connectivity index (χ2v) is 17.1. The zero-order chi connectivity index (χ0) is 26.6. The van der Waals surface area contributed by atoms with Gasteiger partial charge in [0, 0.05) is 6.10 Å². The van der Waals surface area contributed by atoms with Crippen molar-refractivity contribution in [1.29, 1.82) is 0 Å². The molecule has 2 aliphatic rings. The Kier molecular flexibility index (Phi) is 8.99. The molecule has 0 fully saturated rings. The van der Waals surface area contributed by atoms with E-state index in [-0.39, 0.29) is 17.2 Å². The quantitative estimate of drug-likeness (QED) is 0.334. The number of hydrogen-bond acceptors (Lipinski definition) is 2. The Labute approximate surface area is 227 Å². The van der Waals surface area contributed by atoms with Crippen molar-refractivity contribution < 1.29 is 9.53 Å². The summed E-state index contributed by atoms with van der Waals surface area (Å²) in [6, 6.07) is 22.1. The lowest BCUT2D eigenvalue weighted by atomic mass is 9.64. The first kappa shape index (κ1) is 28.1. The average Bonchev–Trinajstić information content (AvgIpc) is 2.86. The SMILES string of the molecule is CC1=CCC(C(C)C)C2CC(O)C/C=C\CC(O[Si](c3ccccc3)(c3ccccc3)C(C)(C)C)CC12. The highest BCUT2D eigenvalue weighted by Crippen LogP contribution is 2.46. The molecule has 2 nitrogen and oxygen atoms in total. The summed E-state index contributed by atoms with van der Waals surface area (Å²) in [5.41, 5.74) is 1.50. The van der Waals surface area contributed by atoms with Gasteiger partial charge < -0.3 is 9.53 Å². The number of rotatable bonds is 5. The minimum atomic E-state index is -2.64. The van der Waals surface area contributed by atoms with Crippen LogP contribution in [0.25, 0.3) is 0 Å². The molecule has 37 heavy (non-hydrogen) atoms. The zero-order valence-electron chi connectivity index (χ0n) is 23.9. The van der Waals surface area contributed by atoms with Crippen LogP contribution in [0.5, 0.6) is 0 Å². The van der Waals surface area contributed by atoms with Crippen LogP contribution in [0.2, 0.25) is 5.04 Å². The molecular weight excluding hydrogens is 468 g/mol. The van der Waals surface area contributed by atoms with Gasteiger partial charge in [0.2, 0.25) is 0 Å². The highest BCUT2D eigenvalue weighted by atomic mass is 28.4. The number of aliphatic hydroxyl groups is 1. The van der Waals surface area contributed by atoms with Crippen molar-refractivity contribution in [3.05, 3.63) is 84.5 Å². The molecule has 5 atom stereocenters. The summed E-state index contributed by atoms with van der Waals surface area (Å²) in [5, 5.41) is 13.6. The third kappa shape index (κ3) is 6.05. The molecule has 5 unspecified atom stereocenters. The Morgan fingerprint density at radius 2 is 1.41 bits per heavy atom. The van der Waals surface area contributed by atoms with E-state index < -0.39 is 8.32 Å². The molecule has 3 heteroatoms. The zero-order valence-corrected chi connectivity index (χ0v) is 24.9. The molecule has 0 aliphatic heterocycles. The molecule has 0 spiro atoms. The molecule has 0 saturated heterocycles. The van der Waals surface area contributed by atoms with E-state index in [2.05, 4.69) is 120 Å². The van der Waals surface area contributed by atoms with Crippen LogP contribution in [0.15, 0.2) is 84.5 Å². The van der Waals surface area contributed by atoms with Crippen LogP contribution in [-0.4, -0.2) is 25.6 Å². The Morgan fingerprint density at radius 3 is 1.95 bits per heavy atom. The molecule has 0 saturated carbocycles. The summed E-state index contributed by atoms with van der Waals surface area (Å²) >= 11 is 0. The first-order valence-corrected chi connectivity index (χ1v) is 16.3. The lowest BCUT2D eigenvalue weighted by molar-refractivity contribution is 0.0619. The molecule has 0 aromatic heterocycles. The van der Waals surface area contributed by atoms with Gasteiger partial charge in [0.1, 0.15) is 0 Å². The van der Waals surface area contributed by atoms with Gasteiger partial charge in [-0.05, 0) is 78.1 Å². The van der Waals surface area contributed by atoms with E-state index in [1.165, 1.54) is 15.9 Å². The lowest BCUT2D eigenvalue weighted by Crippen LogP contribution is -2.67. The van der Waals surface area contributed by atoms with Gasteiger partial charge in [0.15, 0.2) is 0 Å². The summed E-state index contributed by atoms with van der Waals surface area (Å²) in [5.74, 6) is 2.17. The van der Waals surface area contributed by atoms with Gasteiger partial charge in [-0.3, -0.25) is 0 Å². The molecule has 4 rings (SSSR count). The predicted molar refractivity (Wildman–Crippen MR) is 160 cm³/mol. The molecule has 200 valence electrons. The van der Waals surface area contributed by atoms with Crippen molar-refractivity contribution in [3.8, 4) is 0 Å². The fraction of sp³-hybridized carbons (Fsp3) is 0.529. The normalized spacial score (nSPS) is 28.3. The van der Waals surface area contributed by atoms with Crippen molar-refractivity contribution in [2.75, 3.05) is 0 Å². The highest BCUT2D eigenvalue weighted by Gasteiger charge is 2.52. The molecule has 2 aromatic rings. The van der Waals surface area contributed by atoms with Crippen molar-refractivity contribution in [1.82, 2.24) is 0 Å². The van der Waals surface area contributed by atoms with Gasteiger partial charge in [-0.25, -0.2) is 0 Å².